The van der Waals surface area contributed by atoms with Gasteiger partial charge in [-0.3, -0.25) is 4.79 Å². The molecule has 0 atom stereocenters. The minimum Gasteiger partial charge on any atom is -0.484 e. The van der Waals surface area contributed by atoms with Gasteiger partial charge in [-0.25, -0.2) is 4.68 Å². The molecule has 4 rings (SSSR count). The third kappa shape index (κ3) is 4.44. The summed E-state index contributed by atoms with van der Waals surface area (Å²) in [5.74, 6) is 0.440. The molecule has 7 heteroatoms. The van der Waals surface area contributed by atoms with Gasteiger partial charge in [0.15, 0.2) is 6.61 Å². The summed E-state index contributed by atoms with van der Waals surface area (Å²) in [5.41, 5.74) is 3.89. The SMILES string of the molecule is O=C(COc1ccc(-c2ccccc2)cc1)NCc1cn(-c2ccsc2)nn1. The molecule has 140 valence electrons. The fraction of sp³-hybridized carbons (Fsp3) is 0.0952. The summed E-state index contributed by atoms with van der Waals surface area (Å²) in [6.07, 6.45) is 1.80. The molecule has 0 radical (unpaired) electrons. The lowest BCUT2D eigenvalue weighted by atomic mass is 10.1. The molecule has 0 saturated carbocycles. The first-order valence-electron chi connectivity index (χ1n) is 8.77. The van der Waals surface area contributed by atoms with Gasteiger partial charge in [0.05, 0.1) is 18.4 Å². The van der Waals surface area contributed by atoms with Crippen LogP contribution in [0.3, 0.4) is 0 Å². The van der Waals surface area contributed by atoms with E-state index in [9.17, 15) is 4.79 Å². The molecule has 0 aliphatic carbocycles. The number of hydrogen-bond donors (Lipinski definition) is 1. The Kier molecular flexibility index (Phi) is 5.44. The van der Waals surface area contributed by atoms with Crippen LogP contribution in [0.1, 0.15) is 5.69 Å². The van der Waals surface area contributed by atoms with Crippen molar-refractivity contribution in [2.75, 3.05) is 6.61 Å². The number of thiophene rings is 1. The van der Waals surface area contributed by atoms with E-state index in [0.29, 0.717) is 18.0 Å². The first-order chi connectivity index (χ1) is 13.8. The molecule has 1 amide bonds. The summed E-state index contributed by atoms with van der Waals surface area (Å²) in [6, 6.07) is 19.7. The molecule has 4 aromatic rings. The number of amides is 1. The molecular formula is C21H18N4O2S. The largest absolute Gasteiger partial charge is 0.484 e. The van der Waals surface area contributed by atoms with Crippen molar-refractivity contribution < 1.29 is 9.53 Å². The number of carbonyl (C=O) groups is 1. The van der Waals surface area contributed by atoms with E-state index in [0.717, 1.165) is 16.8 Å². The van der Waals surface area contributed by atoms with Crippen molar-refractivity contribution in [2.24, 2.45) is 0 Å². The van der Waals surface area contributed by atoms with Crippen LogP contribution in [-0.4, -0.2) is 27.5 Å². The van der Waals surface area contributed by atoms with E-state index >= 15 is 0 Å². The average Bonchev–Trinajstić information content (AvgIpc) is 3.43. The van der Waals surface area contributed by atoms with E-state index in [1.54, 1.807) is 22.2 Å². The molecule has 0 saturated heterocycles. The summed E-state index contributed by atoms with van der Waals surface area (Å²) in [6.45, 7) is 0.253. The highest BCUT2D eigenvalue weighted by Crippen LogP contribution is 2.22. The van der Waals surface area contributed by atoms with Crippen molar-refractivity contribution in [3.63, 3.8) is 0 Å². The number of nitrogens with one attached hydrogen (secondary N) is 1. The van der Waals surface area contributed by atoms with Crippen LogP contribution in [0.15, 0.2) is 77.6 Å². The third-order valence-corrected chi connectivity index (χ3v) is 4.78. The van der Waals surface area contributed by atoms with Gasteiger partial charge in [0.1, 0.15) is 11.4 Å². The number of hydrogen-bond acceptors (Lipinski definition) is 5. The summed E-state index contributed by atoms with van der Waals surface area (Å²) in [4.78, 5) is 12.0. The minimum absolute atomic E-state index is 0.0522. The lowest BCUT2D eigenvalue weighted by molar-refractivity contribution is -0.123. The van der Waals surface area contributed by atoms with Gasteiger partial charge in [-0.05, 0) is 34.7 Å². The van der Waals surface area contributed by atoms with Crippen LogP contribution in [0.2, 0.25) is 0 Å². The normalized spacial score (nSPS) is 10.6. The summed E-state index contributed by atoms with van der Waals surface area (Å²) >= 11 is 1.59. The zero-order valence-electron chi connectivity index (χ0n) is 15.0. The Morgan fingerprint density at radius 1 is 1.04 bits per heavy atom. The predicted molar refractivity (Wildman–Crippen MR) is 108 cm³/mol. The molecule has 0 fully saturated rings. The minimum atomic E-state index is -0.211. The maximum Gasteiger partial charge on any atom is 0.258 e. The molecule has 28 heavy (non-hydrogen) atoms. The second kappa shape index (κ2) is 8.49. The molecule has 0 spiro atoms. The van der Waals surface area contributed by atoms with Crippen LogP contribution < -0.4 is 10.1 Å². The quantitative estimate of drug-likeness (QED) is 0.523. The number of rotatable bonds is 7. The lowest BCUT2D eigenvalue weighted by Crippen LogP contribution is -2.28. The smallest absolute Gasteiger partial charge is 0.258 e. The molecule has 6 nitrogen and oxygen atoms in total. The monoisotopic (exact) mass is 390 g/mol. The van der Waals surface area contributed by atoms with E-state index in [4.69, 9.17) is 4.74 Å². The standard InChI is InChI=1S/C21H18N4O2S/c26-21(22-12-18-13-25(24-23-18)19-10-11-28-15-19)14-27-20-8-6-17(7-9-20)16-4-2-1-3-5-16/h1-11,13,15H,12,14H2,(H,22,26). The molecule has 0 bridgehead atoms. The van der Waals surface area contributed by atoms with Gasteiger partial charge in [0.2, 0.25) is 0 Å². The van der Waals surface area contributed by atoms with Gasteiger partial charge in [-0.15, -0.1) is 5.10 Å². The van der Waals surface area contributed by atoms with Crippen LogP contribution in [0.25, 0.3) is 16.8 Å². The Morgan fingerprint density at radius 3 is 2.57 bits per heavy atom. The third-order valence-electron chi connectivity index (χ3n) is 4.11. The van der Waals surface area contributed by atoms with Crippen LogP contribution in [0.4, 0.5) is 0 Å². The maximum absolute atomic E-state index is 12.0. The Hall–Kier alpha value is -3.45. The van der Waals surface area contributed by atoms with Crippen LogP contribution in [0, 0.1) is 0 Å². The number of nitrogens with zero attached hydrogens (tertiary/aromatic N) is 3. The molecule has 2 aromatic heterocycles. The topological polar surface area (TPSA) is 69.0 Å². The molecular weight excluding hydrogens is 372 g/mol. The molecule has 2 heterocycles. The Labute approximate surface area is 166 Å². The first-order valence-corrected chi connectivity index (χ1v) is 9.71. The zero-order valence-corrected chi connectivity index (χ0v) is 15.8. The fourth-order valence-corrected chi connectivity index (χ4v) is 3.28. The number of benzene rings is 2. The van der Waals surface area contributed by atoms with Crippen molar-refractivity contribution in [3.05, 3.63) is 83.3 Å². The molecule has 0 aliphatic heterocycles. The maximum atomic E-state index is 12.0. The highest BCUT2D eigenvalue weighted by atomic mass is 32.1. The Bertz CT molecular complexity index is 1030. The second-order valence-electron chi connectivity index (χ2n) is 6.09. The van der Waals surface area contributed by atoms with E-state index in [2.05, 4.69) is 27.8 Å². The highest BCUT2D eigenvalue weighted by molar-refractivity contribution is 7.08. The van der Waals surface area contributed by atoms with Crippen molar-refractivity contribution >= 4 is 17.2 Å². The number of ether oxygens (including phenoxy) is 1. The Balaban J connectivity index is 1.25. The van der Waals surface area contributed by atoms with Crippen molar-refractivity contribution in [3.8, 4) is 22.6 Å². The van der Waals surface area contributed by atoms with E-state index in [1.165, 1.54) is 0 Å². The van der Waals surface area contributed by atoms with E-state index in [-0.39, 0.29) is 12.5 Å². The molecule has 2 aromatic carbocycles. The predicted octanol–water partition coefficient (Wildman–Crippen LogP) is 3.69. The van der Waals surface area contributed by atoms with Gasteiger partial charge in [0, 0.05) is 5.38 Å². The van der Waals surface area contributed by atoms with Gasteiger partial charge >= 0.3 is 0 Å². The average molecular weight is 390 g/mol. The van der Waals surface area contributed by atoms with Crippen molar-refractivity contribution in [2.45, 2.75) is 6.54 Å². The Morgan fingerprint density at radius 2 is 1.82 bits per heavy atom. The van der Waals surface area contributed by atoms with Crippen LogP contribution in [0.5, 0.6) is 5.75 Å². The second-order valence-corrected chi connectivity index (χ2v) is 6.87. The van der Waals surface area contributed by atoms with E-state index < -0.39 is 0 Å². The lowest BCUT2D eigenvalue weighted by Gasteiger charge is -2.07. The molecule has 1 N–H and O–H groups in total. The van der Waals surface area contributed by atoms with Crippen LogP contribution in [-0.2, 0) is 11.3 Å². The zero-order chi connectivity index (χ0) is 19.2. The highest BCUT2D eigenvalue weighted by Gasteiger charge is 2.07. The summed E-state index contributed by atoms with van der Waals surface area (Å²) < 4.78 is 7.24. The first kappa shape index (κ1) is 17.9. The van der Waals surface area contributed by atoms with Crippen molar-refractivity contribution in [1.82, 2.24) is 20.3 Å². The summed E-state index contributed by atoms with van der Waals surface area (Å²) in [7, 11) is 0. The van der Waals surface area contributed by atoms with Crippen LogP contribution >= 0.6 is 11.3 Å². The van der Waals surface area contributed by atoms with Gasteiger partial charge in [-0.2, -0.15) is 11.3 Å². The van der Waals surface area contributed by atoms with Gasteiger partial charge < -0.3 is 10.1 Å². The van der Waals surface area contributed by atoms with E-state index in [1.807, 2.05) is 59.3 Å². The number of aromatic nitrogens is 3. The number of carbonyl (C=O) groups excluding carboxylic acids is 1. The molecule has 0 aliphatic rings. The van der Waals surface area contributed by atoms with Gasteiger partial charge in [-0.1, -0.05) is 47.7 Å². The van der Waals surface area contributed by atoms with Gasteiger partial charge in [0.25, 0.3) is 5.91 Å². The van der Waals surface area contributed by atoms with Crippen molar-refractivity contribution in [1.29, 1.82) is 0 Å². The fourth-order valence-electron chi connectivity index (χ4n) is 2.66. The summed E-state index contributed by atoms with van der Waals surface area (Å²) in [5, 5.41) is 14.9. The molecule has 0 unspecified atom stereocenters.